The third kappa shape index (κ3) is 5.03. The van der Waals surface area contributed by atoms with Gasteiger partial charge in [0.05, 0.1) is 0 Å². The summed E-state index contributed by atoms with van der Waals surface area (Å²) in [5.74, 6) is 0. The average Bonchev–Trinajstić information content (AvgIpc) is 1.68. The van der Waals surface area contributed by atoms with Crippen molar-refractivity contribution >= 4 is 32.3 Å². The van der Waals surface area contributed by atoms with Gasteiger partial charge in [-0.3, -0.25) is 0 Å². The maximum atomic E-state index is 3.65. The summed E-state index contributed by atoms with van der Waals surface area (Å²) < 4.78 is 4.61. The summed E-state index contributed by atoms with van der Waals surface area (Å²) in [5, 5.41) is 0. The molecule has 0 rings (SSSR count). The third-order valence-corrected chi connectivity index (χ3v) is 12.0. The van der Waals surface area contributed by atoms with E-state index in [2.05, 4.69) is 45.3 Å². The van der Waals surface area contributed by atoms with E-state index in [1.54, 1.807) is 0 Å². The van der Waals surface area contributed by atoms with Crippen LogP contribution in [0.25, 0.3) is 0 Å². The number of rotatable bonds is 2. The molecule has 0 N–H and O–H groups in total. The number of hydrogen-bond acceptors (Lipinski definition) is 0. The van der Waals surface area contributed by atoms with Crippen molar-refractivity contribution in [3.63, 3.8) is 0 Å². The Hall–Kier alpha value is 0.882. The summed E-state index contributed by atoms with van der Waals surface area (Å²) in [4.78, 5) is 0. The Bertz CT molecular complexity index is 84.7. The van der Waals surface area contributed by atoms with Crippen LogP contribution in [0.5, 0.6) is 0 Å². The Morgan fingerprint density at radius 3 is 1.75 bits per heavy atom. The van der Waals surface area contributed by atoms with Gasteiger partial charge in [-0.05, 0) is 0 Å². The molecule has 0 radical (unpaired) electrons. The van der Waals surface area contributed by atoms with Gasteiger partial charge in [0.25, 0.3) is 0 Å². The van der Waals surface area contributed by atoms with Gasteiger partial charge in [0, 0.05) is 0 Å². The summed E-state index contributed by atoms with van der Waals surface area (Å²) in [6.45, 7) is 4.13. The molecule has 0 aromatic heterocycles. The van der Waals surface area contributed by atoms with Crippen LogP contribution in [0.15, 0.2) is 19.4 Å². The second-order valence-electron chi connectivity index (χ2n) is 1.50. The van der Waals surface area contributed by atoms with Crippen LogP contribution in [0.4, 0.5) is 0 Å². The van der Waals surface area contributed by atoms with Crippen molar-refractivity contribution in [3.8, 4) is 0 Å². The van der Waals surface area contributed by atoms with E-state index < -0.39 is 20.3 Å². The van der Waals surface area contributed by atoms with Gasteiger partial charge in [0.1, 0.15) is 0 Å². The molecule has 0 atom stereocenters. The van der Waals surface area contributed by atoms with Gasteiger partial charge in [-0.15, -0.1) is 0 Å². The predicted molar refractivity (Wildman–Crippen MR) is 44.3 cm³/mol. The molecule has 0 spiro atoms. The minimum atomic E-state index is -1.45. The zero-order chi connectivity index (χ0) is 6.41. The van der Waals surface area contributed by atoms with Crippen LogP contribution in [0.1, 0.15) is 13.8 Å². The fourth-order valence-corrected chi connectivity index (χ4v) is 9.15. The monoisotopic (exact) mass is 366 g/mol. The standard InChI is InChI=1S/2C3H5.BrH.Tl/c2*1-3-2;;/h2*1,3H,2H3;1H;/q;;;+1/p-1. The molecule has 0 heterocycles. The molecule has 0 saturated carbocycles. The van der Waals surface area contributed by atoms with E-state index in [0.29, 0.717) is 0 Å². The van der Waals surface area contributed by atoms with Crippen LogP contribution < -0.4 is 0 Å². The van der Waals surface area contributed by atoms with Crippen LogP contribution >= 0.6 is 12.0 Å². The van der Waals surface area contributed by atoms with Gasteiger partial charge in [-0.25, -0.2) is 0 Å². The van der Waals surface area contributed by atoms with E-state index in [4.69, 9.17) is 0 Å². The van der Waals surface area contributed by atoms with E-state index in [-0.39, 0.29) is 0 Å². The predicted octanol–water partition coefficient (Wildman–Crippen LogP) is 2.60. The van der Waals surface area contributed by atoms with E-state index in [0.717, 1.165) is 0 Å². The van der Waals surface area contributed by atoms with Crippen LogP contribution in [0.2, 0.25) is 0 Å². The molecular formula is C6H10BrTl. The fourth-order valence-electron chi connectivity index (χ4n) is 0.432. The zero-order valence-corrected chi connectivity index (χ0v) is 11.3. The topological polar surface area (TPSA) is 0 Å². The second-order valence-corrected chi connectivity index (χ2v) is 17.2. The Labute approximate surface area is 65.1 Å². The summed E-state index contributed by atoms with van der Waals surface area (Å²) in [5.41, 5.74) is 0. The van der Waals surface area contributed by atoms with Gasteiger partial charge in [0.2, 0.25) is 0 Å². The van der Waals surface area contributed by atoms with E-state index in [9.17, 15) is 0 Å². The molecule has 0 nitrogen and oxygen atoms in total. The van der Waals surface area contributed by atoms with Gasteiger partial charge >= 0.3 is 65.6 Å². The molecule has 0 aliphatic rings. The Balaban J connectivity index is 3.47. The van der Waals surface area contributed by atoms with Crippen LogP contribution in [-0.2, 0) is 0 Å². The van der Waals surface area contributed by atoms with Crippen molar-refractivity contribution < 1.29 is 0 Å². The van der Waals surface area contributed by atoms with Crippen molar-refractivity contribution in [1.82, 2.24) is 0 Å². The molecule has 0 aliphatic carbocycles. The average molecular weight is 366 g/mol. The van der Waals surface area contributed by atoms with Gasteiger partial charge in [0.15, 0.2) is 0 Å². The molecule has 0 aromatic rings. The number of allylic oxidation sites excluding steroid dienone is 2. The van der Waals surface area contributed by atoms with Crippen LogP contribution in [0, 0.1) is 0 Å². The summed E-state index contributed by atoms with van der Waals surface area (Å²) in [6, 6.07) is 0. The molecule has 0 fully saturated rings. The summed E-state index contributed by atoms with van der Waals surface area (Å²) in [7, 11) is 0. The second kappa shape index (κ2) is 6.01. The summed E-state index contributed by atoms with van der Waals surface area (Å²) in [6.07, 6.45) is 4.25. The first-order valence-corrected chi connectivity index (χ1v) is 17.6. The van der Waals surface area contributed by atoms with Crippen molar-refractivity contribution in [1.29, 1.82) is 0 Å². The van der Waals surface area contributed by atoms with Crippen molar-refractivity contribution in [2.24, 2.45) is 0 Å². The molecule has 0 unspecified atom stereocenters. The number of halogens is 1. The minimum absolute atomic E-state index is 1.45. The zero-order valence-electron chi connectivity index (χ0n) is 5.26. The first-order chi connectivity index (χ1) is 3.81. The van der Waals surface area contributed by atoms with Crippen molar-refractivity contribution in [2.75, 3.05) is 0 Å². The fraction of sp³-hybridized carbons (Fsp3) is 0.333. The molecule has 0 aromatic carbocycles. The Morgan fingerprint density at radius 1 is 1.12 bits per heavy atom. The van der Waals surface area contributed by atoms with Crippen molar-refractivity contribution in [2.45, 2.75) is 13.8 Å². The van der Waals surface area contributed by atoms with Gasteiger partial charge in [-0.1, -0.05) is 0 Å². The molecular weight excluding hydrogens is 356 g/mol. The van der Waals surface area contributed by atoms with Gasteiger partial charge in [-0.2, -0.15) is 0 Å². The van der Waals surface area contributed by atoms with E-state index in [1.807, 2.05) is 0 Å². The quantitative estimate of drug-likeness (QED) is 0.659. The Kier molecular flexibility index (Phi) is 6.67. The van der Waals surface area contributed by atoms with Gasteiger partial charge < -0.3 is 0 Å². The third-order valence-electron chi connectivity index (χ3n) is 0.753. The SMILES string of the molecule is CC=[CH][Tl]([Br])/[CH]=C/C. The van der Waals surface area contributed by atoms with Crippen LogP contribution in [-0.4, -0.2) is 20.3 Å². The molecule has 0 aliphatic heterocycles. The summed E-state index contributed by atoms with van der Waals surface area (Å²) >= 11 is 2.20. The first kappa shape index (κ1) is 8.88. The van der Waals surface area contributed by atoms with Crippen LogP contribution in [0.3, 0.4) is 0 Å². The Morgan fingerprint density at radius 2 is 1.50 bits per heavy atom. The van der Waals surface area contributed by atoms with E-state index in [1.165, 1.54) is 0 Å². The first-order valence-electron chi connectivity index (χ1n) is 2.71. The maximum absolute atomic E-state index is 3.65. The molecule has 2 heteroatoms. The number of hydrogen-bond donors (Lipinski definition) is 0. The van der Waals surface area contributed by atoms with Crippen molar-refractivity contribution in [3.05, 3.63) is 19.4 Å². The normalized spacial score (nSPS) is 11.4. The molecule has 44 valence electrons. The molecule has 0 bridgehead atoms. The molecule has 0 amide bonds. The molecule has 0 saturated heterocycles. The molecule has 8 heavy (non-hydrogen) atoms. The van der Waals surface area contributed by atoms with E-state index >= 15 is 0 Å².